The summed E-state index contributed by atoms with van der Waals surface area (Å²) in [6.07, 6.45) is 5.76. The van der Waals surface area contributed by atoms with Gasteiger partial charge in [-0.1, -0.05) is 0 Å². The lowest BCUT2D eigenvalue weighted by Gasteiger charge is -2.22. The fraction of sp³-hybridized carbons (Fsp3) is 0.438. The molecule has 1 atom stereocenters. The molecule has 0 radical (unpaired) electrons. The Labute approximate surface area is 148 Å². The van der Waals surface area contributed by atoms with Crippen LogP contribution in [0.2, 0.25) is 0 Å². The zero-order chi connectivity index (χ0) is 17.2. The molecule has 0 N–H and O–H groups in total. The summed E-state index contributed by atoms with van der Waals surface area (Å²) in [5.41, 5.74) is 2.63. The summed E-state index contributed by atoms with van der Waals surface area (Å²) in [7, 11) is 0. The number of hydrogen-bond acceptors (Lipinski definition) is 7. The molecule has 25 heavy (non-hydrogen) atoms. The van der Waals surface area contributed by atoms with Crippen LogP contribution >= 0.6 is 11.3 Å². The third-order valence-electron chi connectivity index (χ3n) is 4.35. The maximum absolute atomic E-state index is 12.6. The van der Waals surface area contributed by atoms with Crippen LogP contribution in [0.15, 0.2) is 28.4 Å². The summed E-state index contributed by atoms with van der Waals surface area (Å²) < 4.78 is 7.62. The Hall–Kier alpha value is -2.55. The van der Waals surface area contributed by atoms with E-state index in [0.717, 1.165) is 30.0 Å². The Kier molecular flexibility index (Phi) is 4.31. The Bertz CT molecular complexity index is 856. The lowest BCUT2D eigenvalue weighted by atomic mass is 10.2. The van der Waals surface area contributed by atoms with Crippen LogP contribution in [0.25, 0.3) is 10.8 Å². The van der Waals surface area contributed by atoms with Crippen molar-refractivity contribution in [2.24, 2.45) is 0 Å². The van der Waals surface area contributed by atoms with Crippen LogP contribution in [0.4, 0.5) is 0 Å². The first-order chi connectivity index (χ1) is 12.2. The first-order valence-corrected chi connectivity index (χ1v) is 9.11. The maximum Gasteiger partial charge on any atom is 0.259 e. The molecule has 0 aromatic carbocycles. The second kappa shape index (κ2) is 6.75. The Morgan fingerprint density at radius 3 is 3.12 bits per heavy atom. The third kappa shape index (κ3) is 3.19. The average molecular weight is 358 g/mol. The van der Waals surface area contributed by atoms with Crippen molar-refractivity contribution >= 4 is 17.2 Å². The molecule has 0 aliphatic carbocycles. The molecule has 1 fully saturated rings. The van der Waals surface area contributed by atoms with Crippen LogP contribution in [0.3, 0.4) is 0 Å². The molecule has 130 valence electrons. The van der Waals surface area contributed by atoms with Crippen molar-refractivity contribution < 1.29 is 9.21 Å². The SMILES string of the molecule is Cc1ncsc1-c1nnc([C@H]2CCCN2C(=O)CCn2cccn2)o1. The maximum atomic E-state index is 12.6. The summed E-state index contributed by atoms with van der Waals surface area (Å²) in [6.45, 7) is 3.21. The number of amides is 1. The molecule has 0 spiro atoms. The summed E-state index contributed by atoms with van der Waals surface area (Å²) in [4.78, 5) is 19.5. The summed E-state index contributed by atoms with van der Waals surface area (Å²) in [5.74, 6) is 1.07. The zero-order valence-electron chi connectivity index (χ0n) is 13.8. The van der Waals surface area contributed by atoms with E-state index in [1.807, 2.05) is 24.1 Å². The number of hydrogen-bond donors (Lipinski definition) is 0. The summed E-state index contributed by atoms with van der Waals surface area (Å²) in [5, 5.41) is 12.5. The molecule has 8 nitrogen and oxygen atoms in total. The summed E-state index contributed by atoms with van der Waals surface area (Å²) >= 11 is 1.47. The molecule has 0 unspecified atom stereocenters. The van der Waals surface area contributed by atoms with E-state index < -0.39 is 0 Å². The molecule has 1 aliphatic rings. The van der Waals surface area contributed by atoms with Crippen molar-refractivity contribution in [1.29, 1.82) is 0 Å². The molecule has 1 saturated heterocycles. The van der Waals surface area contributed by atoms with Crippen molar-refractivity contribution in [3.8, 4) is 10.8 Å². The molecule has 1 amide bonds. The normalized spacial score (nSPS) is 17.3. The van der Waals surface area contributed by atoms with Gasteiger partial charge in [0, 0.05) is 31.9 Å². The number of rotatable bonds is 5. The number of carbonyl (C=O) groups is 1. The molecule has 0 saturated carbocycles. The van der Waals surface area contributed by atoms with Gasteiger partial charge in [0.15, 0.2) is 0 Å². The van der Waals surface area contributed by atoms with E-state index in [-0.39, 0.29) is 11.9 Å². The van der Waals surface area contributed by atoms with E-state index in [0.29, 0.717) is 24.7 Å². The van der Waals surface area contributed by atoms with Crippen LogP contribution in [0.1, 0.15) is 36.9 Å². The van der Waals surface area contributed by atoms with Crippen LogP contribution < -0.4 is 0 Å². The average Bonchev–Trinajstić information content (AvgIpc) is 3.37. The lowest BCUT2D eigenvalue weighted by molar-refractivity contribution is -0.132. The second-order valence-electron chi connectivity index (χ2n) is 5.98. The van der Waals surface area contributed by atoms with Crippen molar-refractivity contribution in [3.63, 3.8) is 0 Å². The minimum Gasteiger partial charge on any atom is -0.418 e. The minimum absolute atomic E-state index is 0.0896. The zero-order valence-corrected chi connectivity index (χ0v) is 14.6. The quantitative estimate of drug-likeness (QED) is 0.696. The number of aromatic nitrogens is 5. The van der Waals surface area contributed by atoms with E-state index in [9.17, 15) is 4.79 Å². The Balaban J connectivity index is 1.47. The number of thiazole rings is 1. The molecule has 1 aliphatic heterocycles. The van der Waals surface area contributed by atoms with Crippen LogP contribution in [0, 0.1) is 6.92 Å². The van der Waals surface area contributed by atoms with Crippen molar-refractivity contribution in [3.05, 3.63) is 35.6 Å². The first kappa shape index (κ1) is 15.9. The smallest absolute Gasteiger partial charge is 0.259 e. The molecular formula is C16H18N6O2S. The van der Waals surface area contributed by atoms with Gasteiger partial charge >= 0.3 is 0 Å². The number of nitrogens with zero attached hydrogens (tertiary/aromatic N) is 6. The van der Waals surface area contributed by atoms with E-state index in [4.69, 9.17) is 4.42 Å². The molecule has 4 rings (SSSR count). The van der Waals surface area contributed by atoms with Gasteiger partial charge in [0.1, 0.15) is 10.9 Å². The topological polar surface area (TPSA) is 89.9 Å². The highest BCUT2D eigenvalue weighted by Gasteiger charge is 2.33. The van der Waals surface area contributed by atoms with E-state index in [1.54, 1.807) is 16.4 Å². The molecule has 3 aromatic rings. The van der Waals surface area contributed by atoms with Gasteiger partial charge in [0.25, 0.3) is 5.89 Å². The van der Waals surface area contributed by atoms with Gasteiger partial charge < -0.3 is 9.32 Å². The van der Waals surface area contributed by atoms with Crippen LogP contribution in [0.5, 0.6) is 0 Å². The van der Waals surface area contributed by atoms with E-state index in [1.165, 1.54) is 11.3 Å². The van der Waals surface area contributed by atoms with Crippen molar-refractivity contribution in [2.45, 2.75) is 38.8 Å². The molecular weight excluding hydrogens is 340 g/mol. The highest BCUT2D eigenvalue weighted by atomic mass is 32.1. The fourth-order valence-electron chi connectivity index (χ4n) is 3.08. The van der Waals surface area contributed by atoms with Crippen LogP contribution in [-0.2, 0) is 11.3 Å². The van der Waals surface area contributed by atoms with Gasteiger partial charge in [-0.15, -0.1) is 21.5 Å². The number of aryl methyl sites for hydroxylation is 2. The second-order valence-corrected chi connectivity index (χ2v) is 6.83. The molecule has 9 heteroatoms. The minimum atomic E-state index is -0.139. The predicted molar refractivity (Wildman–Crippen MR) is 90.7 cm³/mol. The van der Waals surface area contributed by atoms with Crippen LogP contribution in [-0.4, -0.2) is 42.3 Å². The number of carbonyl (C=O) groups excluding carboxylic acids is 1. The predicted octanol–water partition coefficient (Wildman–Crippen LogP) is 2.45. The Morgan fingerprint density at radius 1 is 1.44 bits per heavy atom. The fourth-order valence-corrected chi connectivity index (χ4v) is 3.80. The van der Waals surface area contributed by atoms with Gasteiger partial charge in [-0.2, -0.15) is 5.10 Å². The molecule has 0 bridgehead atoms. The largest absolute Gasteiger partial charge is 0.418 e. The van der Waals surface area contributed by atoms with E-state index in [2.05, 4.69) is 20.3 Å². The van der Waals surface area contributed by atoms with Gasteiger partial charge in [-0.05, 0) is 25.8 Å². The van der Waals surface area contributed by atoms with Gasteiger partial charge in [-0.25, -0.2) is 4.98 Å². The molecule has 3 aromatic heterocycles. The lowest BCUT2D eigenvalue weighted by Crippen LogP contribution is -2.31. The first-order valence-electron chi connectivity index (χ1n) is 8.23. The van der Waals surface area contributed by atoms with Gasteiger partial charge in [-0.3, -0.25) is 9.48 Å². The molecule has 4 heterocycles. The Morgan fingerprint density at radius 2 is 2.36 bits per heavy atom. The standard InChI is InChI=1S/C16H18N6O2S/c1-11-14(25-10-17-11)16-20-19-15(24-16)12-4-2-8-22(12)13(23)5-9-21-7-3-6-18-21/h3,6-7,10,12H,2,4-5,8-9H2,1H3/t12-/m1/s1. The highest BCUT2D eigenvalue weighted by Crippen LogP contribution is 2.34. The van der Waals surface area contributed by atoms with E-state index >= 15 is 0 Å². The summed E-state index contributed by atoms with van der Waals surface area (Å²) in [6, 6.07) is 1.71. The monoisotopic (exact) mass is 358 g/mol. The third-order valence-corrected chi connectivity index (χ3v) is 5.27. The van der Waals surface area contributed by atoms with Crippen molar-refractivity contribution in [1.82, 2.24) is 29.9 Å². The number of likely N-dealkylation sites (tertiary alicyclic amines) is 1. The highest BCUT2D eigenvalue weighted by molar-refractivity contribution is 7.13. The van der Waals surface area contributed by atoms with Gasteiger partial charge in [0.2, 0.25) is 11.8 Å². The van der Waals surface area contributed by atoms with Gasteiger partial charge in [0.05, 0.1) is 11.2 Å². The van der Waals surface area contributed by atoms with Crippen molar-refractivity contribution in [2.75, 3.05) is 6.54 Å².